The third-order valence-corrected chi connectivity index (χ3v) is 4.79. The Hall–Kier alpha value is -1.43. The van der Waals surface area contributed by atoms with Gasteiger partial charge in [-0.05, 0) is 19.8 Å². The number of rotatable bonds is 3. The number of aromatic nitrogens is 4. The monoisotopic (exact) mass is 305 g/mol. The molecule has 6 heteroatoms. The maximum absolute atomic E-state index is 4.77. The summed E-state index contributed by atoms with van der Waals surface area (Å²) in [4.78, 5) is 11.5. The highest BCUT2D eigenvalue weighted by molar-refractivity contribution is 7.09. The SMILES string of the molecule is Cc1nccn1CC1CCCN1c1nc(C(C)(C)C)ns1. The predicted octanol–water partition coefficient (Wildman–Crippen LogP) is 3.01. The Morgan fingerprint density at radius 2 is 2.19 bits per heavy atom. The van der Waals surface area contributed by atoms with E-state index in [1.54, 1.807) is 0 Å². The largest absolute Gasteiger partial charge is 0.342 e. The molecule has 0 saturated carbocycles. The van der Waals surface area contributed by atoms with Crippen molar-refractivity contribution < 1.29 is 0 Å². The van der Waals surface area contributed by atoms with Gasteiger partial charge < -0.3 is 9.47 Å². The highest BCUT2D eigenvalue weighted by Gasteiger charge is 2.29. The van der Waals surface area contributed by atoms with Gasteiger partial charge in [-0.15, -0.1) is 0 Å². The van der Waals surface area contributed by atoms with Gasteiger partial charge in [-0.2, -0.15) is 4.37 Å². The summed E-state index contributed by atoms with van der Waals surface area (Å²) in [6.45, 7) is 10.6. The fourth-order valence-corrected chi connectivity index (χ4v) is 3.69. The molecule has 2 aromatic rings. The van der Waals surface area contributed by atoms with Crippen LogP contribution in [0.15, 0.2) is 12.4 Å². The average Bonchev–Trinajstić information content (AvgIpc) is 3.10. The maximum Gasteiger partial charge on any atom is 0.205 e. The summed E-state index contributed by atoms with van der Waals surface area (Å²) in [6.07, 6.45) is 6.37. The molecule has 1 fully saturated rings. The van der Waals surface area contributed by atoms with E-state index in [0.29, 0.717) is 6.04 Å². The van der Waals surface area contributed by atoms with Crippen molar-refractivity contribution in [3.63, 3.8) is 0 Å². The first kappa shape index (κ1) is 14.5. The van der Waals surface area contributed by atoms with E-state index in [1.165, 1.54) is 24.4 Å². The Labute approximate surface area is 130 Å². The minimum atomic E-state index is 0.0188. The van der Waals surface area contributed by atoms with Crippen LogP contribution in [-0.2, 0) is 12.0 Å². The zero-order chi connectivity index (χ0) is 15.0. The normalized spacial score (nSPS) is 19.4. The van der Waals surface area contributed by atoms with Gasteiger partial charge in [0.2, 0.25) is 5.13 Å². The van der Waals surface area contributed by atoms with Gasteiger partial charge in [0, 0.05) is 48.5 Å². The van der Waals surface area contributed by atoms with Crippen LogP contribution in [0.4, 0.5) is 5.13 Å². The molecular formula is C15H23N5S. The van der Waals surface area contributed by atoms with Crippen molar-refractivity contribution in [3.05, 3.63) is 24.0 Å². The van der Waals surface area contributed by atoms with Gasteiger partial charge >= 0.3 is 0 Å². The van der Waals surface area contributed by atoms with Crippen molar-refractivity contribution >= 4 is 16.7 Å². The van der Waals surface area contributed by atoms with Crippen molar-refractivity contribution in [1.82, 2.24) is 18.9 Å². The van der Waals surface area contributed by atoms with Crippen LogP contribution in [0, 0.1) is 6.92 Å². The summed E-state index contributed by atoms with van der Waals surface area (Å²) in [7, 11) is 0. The Balaban J connectivity index is 1.78. The molecule has 0 aromatic carbocycles. The summed E-state index contributed by atoms with van der Waals surface area (Å²) in [5.74, 6) is 2.03. The van der Waals surface area contributed by atoms with E-state index in [4.69, 9.17) is 4.98 Å². The van der Waals surface area contributed by atoms with Crippen molar-refractivity contribution in [3.8, 4) is 0 Å². The Bertz CT molecular complexity index is 610. The first-order valence-electron chi connectivity index (χ1n) is 7.54. The number of anilines is 1. The minimum absolute atomic E-state index is 0.0188. The van der Waals surface area contributed by atoms with Crippen LogP contribution in [-0.4, -0.2) is 31.5 Å². The summed E-state index contributed by atoms with van der Waals surface area (Å²) < 4.78 is 6.78. The lowest BCUT2D eigenvalue weighted by Crippen LogP contribution is -2.33. The van der Waals surface area contributed by atoms with Crippen molar-refractivity contribution in [2.24, 2.45) is 0 Å². The van der Waals surface area contributed by atoms with E-state index in [2.05, 4.69) is 52.7 Å². The van der Waals surface area contributed by atoms with Crippen LogP contribution in [0.3, 0.4) is 0 Å². The molecule has 5 nitrogen and oxygen atoms in total. The minimum Gasteiger partial charge on any atom is -0.342 e. The standard InChI is InChI=1S/C15H23N5S/c1-11-16-7-9-19(11)10-12-6-5-8-20(12)14-17-13(18-21-14)15(2,3)4/h7,9,12H,5-6,8,10H2,1-4H3. The molecular weight excluding hydrogens is 282 g/mol. The van der Waals surface area contributed by atoms with Gasteiger partial charge in [-0.25, -0.2) is 9.97 Å². The van der Waals surface area contributed by atoms with Gasteiger partial charge in [0.25, 0.3) is 0 Å². The van der Waals surface area contributed by atoms with Crippen molar-refractivity contribution in [2.45, 2.75) is 58.5 Å². The second kappa shape index (κ2) is 5.40. The Morgan fingerprint density at radius 1 is 1.38 bits per heavy atom. The molecule has 1 aliphatic heterocycles. The fraction of sp³-hybridized carbons (Fsp3) is 0.667. The number of nitrogens with zero attached hydrogens (tertiary/aromatic N) is 5. The van der Waals surface area contributed by atoms with Gasteiger partial charge in [-0.1, -0.05) is 20.8 Å². The molecule has 1 saturated heterocycles. The van der Waals surface area contributed by atoms with E-state index in [9.17, 15) is 0 Å². The van der Waals surface area contributed by atoms with Gasteiger partial charge in [0.1, 0.15) is 11.6 Å². The second-order valence-corrected chi connectivity index (χ2v) is 7.50. The Morgan fingerprint density at radius 3 is 2.81 bits per heavy atom. The Kier molecular flexibility index (Phi) is 3.73. The highest BCUT2D eigenvalue weighted by Crippen LogP contribution is 2.31. The first-order valence-corrected chi connectivity index (χ1v) is 8.31. The molecule has 114 valence electrons. The molecule has 21 heavy (non-hydrogen) atoms. The molecule has 0 aliphatic carbocycles. The lowest BCUT2D eigenvalue weighted by Gasteiger charge is -2.24. The topological polar surface area (TPSA) is 46.8 Å². The molecule has 3 rings (SSSR count). The number of imidazole rings is 1. The molecule has 0 radical (unpaired) electrons. The van der Waals surface area contributed by atoms with E-state index in [-0.39, 0.29) is 5.41 Å². The molecule has 1 aliphatic rings. The van der Waals surface area contributed by atoms with Crippen LogP contribution in [0.1, 0.15) is 45.3 Å². The van der Waals surface area contributed by atoms with Crippen molar-refractivity contribution in [2.75, 3.05) is 11.4 Å². The van der Waals surface area contributed by atoms with E-state index < -0.39 is 0 Å². The fourth-order valence-electron chi connectivity index (χ4n) is 2.74. The summed E-state index contributed by atoms with van der Waals surface area (Å²) >= 11 is 1.53. The van der Waals surface area contributed by atoms with Gasteiger partial charge in [-0.3, -0.25) is 0 Å². The van der Waals surface area contributed by atoms with Crippen LogP contribution in [0.25, 0.3) is 0 Å². The van der Waals surface area contributed by atoms with Crippen LogP contribution in [0.5, 0.6) is 0 Å². The maximum atomic E-state index is 4.77. The smallest absolute Gasteiger partial charge is 0.205 e. The molecule has 0 N–H and O–H groups in total. The zero-order valence-electron chi connectivity index (χ0n) is 13.2. The molecule has 0 spiro atoms. The number of hydrogen-bond acceptors (Lipinski definition) is 5. The number of hydrogen-bond donors (Lipinski definition) is 0. The summed E-state index contributed by atoms with van der Waals surface area (Å²) in [5, 5.41) is 1.07. The van der Waals surface area contributed by atoms with Crippen LogP contribution < -0.4 is 4.90 Å². The molecule has 3 heterocycles. The van der Waals surface area contributed by atoms with Gasteiger partial charge in [0.05, 0.1) is 0 Å². The highest BCUT2D eigenvalue weighted by atomic mass is 32.1. The first-order chi connectivity index (χ1) is 9.95. The molecule has 0 amide bonds. The summed E-state index contributed by atoms with van der Waals surface area (Å²) in [6, 6.07) is 0.499. The van der Waals surface area contributed by atoms with E-state index in [0.717, 1.165) is 29.9 Å². The molecule has 0 bridgehead atoms. The quantitative estimate of drug-likeness (QED) is 0.874. The lowest BCUT2D eigenvalue weighted by molar-refractivity contribution is 0.534. The van der Waals surface area contributed by atoms with Crippen molar-refractivity contribution in [1.29, 1.82) is 0 Å². The average molecular weight is 305 g/mol. The third kappa shape index (κ3) is 2.95. The zero-order valence-corrected chi connectivity index (χ0v) is 14.0. The lowest BCUT2D eigenvalue weighted by atomic mass is 9.96. The van der Waals surface area contributed by atoms with Gasteiger partial charge in [0.15, 0.2) is 0 Å². The molecule has 1 unspecified atom stereocenters. The van der Waals surface area contributed by atoms with E-state index >= 15 is 0 Å². The summed E-state index contributed by atoms with van der Waals surface area (Å²) in [5.41, 5.74) is 0.0188. The number of aryl methyl sites for hydroxylation is 1. The van der Waals surface area contributed by atoms with Crippen LogP contribution in [0.2, 0.25) is 0 Å². The molecule has 1 atom stereocenters. The van der Waals surface area contributed by atoms with Crippen LogP contribution >= 0.6 is 11.5 Å². The predicted molar refractivity (Wildman–Crippen MR) is 85.9 cm³/mol. The third-order valence-electron chi connectivity index (χ3n) is 4.04. The van der Waals surface area contributed by atoms with E-state index in [1.807, 2.05) is 6.20 Å². The molecule has 2 aromatic heterocycles. The second-order valence-electron chi connectivity index (χ2n) is 6.77.